The molecule has 0 atom stereocenters. The van der Waals surface area contributed by atoms with Gasteiger partial charge in [-0.25, -0.2) is 0 Å². The number of fused-ring (bicyclic) bond motifs is 1. The number of hydrogen-bond donors (Lipinski definition) is 0. The third-order valence-electron chi connectivity index (χ3n) is 2.67. The monoisotopic (exact) mass is 201 g/mol. The van der Waals surface area contributed by atoms with E-state index in [0.717, 1.165) is 11.3 Å². The first-order valence-electron chi connectivity index (χ1n) is 5.19. The minimum atomic E-state index is 0.0798. The molecule has 0 radical (unpaired) electrons. The largest absolute Gasteiger partial charge is 0.294 e. The lowest BCUT2D eigenvalue weighted by Gasteiger charge is -2.21. The number of nitrogens with zero attached hydrogens (tertiary/aromatic N) is 1. The summed E-state index contributed by atoms with van der Waals surface area (Å²) in [4.78, 5) is 15.9. The summed E-state index contributed by atoms with van der Waals surface area (Å²) >= 11 is 0. The van der Waals surface area contributed by atoms with Gasteiger partial charge in [-0.15, -0.1) is 0 Å². The highest BCUT2D eigenvalue weighted by molar-refractivity contribution is 6.10. The lowest BCUT2D eigenvalue weighted by molar-refractivity contribution is 0.100. The molecule has 1 aromatic carbocycles. The van der Waals surface area contributed by atoms with Gasteiger partial charge in [0.25, 0.3) is 0 Å². The summed E-state index contributed by atoms with van der Waals surface area (Å²) in [6, 6.07) is 5.96. The number of benzene rings is 1. The Morgan fingerprint density at radius 2 is 2.00 bits per heavy atom. The number of carbonyl (C=O) groups is 1. The topological polar surface area (TPSA) is 29.4 Å². The summed E-state index contributed by atoms with van der Waals surface area (Å²) in [6.07, 6.45) is 2.11. The van der Waals surface area contributed by atoms with Crippen LogP contribution in [-0.2, 0) is 5.41 Å². The van der Waals surface area contributed by atoms with Gasteiger partial charge in [-0.05, 0) is 23.1 Å². The smallest absolute Gasteiger partial charge is 0.170 e. The Morgan fingerprint density at radius 1 is 1.27 bits per heavy atom. The molecule has 2 rings (SSSR count). The van der Waals surface area contributed by atoms with Crippen LogP contribution in [0.15, 0.2) is 23.2 Å². The zero-order chi connectivity index (χ0) is 11.1. The van der Waals surface area contributed by atoms with Gasteiger partial charge in [0, 0.05) is 18.2 Å². The van der Waals surface area contributed by atoms with E-state index in [1.54, 1.807) is 6.21 Å². The summed E-state index contributed by atoms with van der Waals surface area (Å²) in [7, 11) is 0. The van der Waals surface area contributed by atoms with Crippen molar-refractivity contribution in [2.75, 3.05) is 0 Å². The number of Topliss-reactive ketones (excluding diaryl/α,β-unsaturated/α-hetero) is 1. The van der Waals surface area contributed by atoms with Gasteiger partial charge in [0.05, 0.1) is 5.69 Å². The summed E-state index contributed by atoms with van der Waals surface area (Å²) in [5.41, 5.74) is 2.84. The maximum absolute atomic E-state index is 11.7. The first kappa shape index (κ1) is 10.1. The molecule has 0 saturated heterocycles. The van der Waals surface area contributed by atoms with Crippen molar-refractivity contribution in [3.05, 3.63) is 29.3 Å². The first-order chi connectivity index (χ1) is 6.98. The van der Waals surface area contributed by atoms with E-state index >= 15 is 0 Å². The Kier molecular flexibility index (Phi) is 2.22. The maximum Gasteiger partial charge on any atom is 0.170 e. The quantitative estimate of drug-likeness (QED) is 0.633. The standard InChI is InChI=1S/C13H15NO/c1-13(2,3)9-4-5-11-10(8-9)12(15)6-7-14-11/h4-5,7-8H,6H2,1-3H3. The Balaban J connectivity index is 2.54. The summed E-state index contributed by atoms with van der Waals surface area (Å²) in [6.45, 7) is 6.43. The van der Waals surface area contributed by atoms with E-state index in [0.29, 0.717) is 6.42 Å². The van der Waals surface area contributed by atoms with Gasteiger partial charge in [-0.2, -0.15) is 0 Å². The third-order valence-corrected chi connectivity index (χ3v) is 2.67. The van der Waals surface area contributed by atoms with Crippen molar-refractivity contribution in [3.63, 3.8) is 0 Å². The van der Waals surface area contributed by atoms with Crippen LogP contribution in [0.25, 0.3) is 0 Å². The highest BCUT2D eigenvalue weighted by atomic mass is 16.1. The molecule has 0 amide bonds. The molecule has 0 aromatic heterocycles. The van der Waals surface area contributed by atoms with Crippen molar-refractivity contribution in [3.8, 4) is 0 Å². The molecule has 0 spiro atoms. The average Bonchev–Trinajstić information content (AvgIpc) is 2.16. The zero-order valence-corrected chi connectivity index (χ0v) is 9.37. The first-order valence-corrected chi connectivity index (χ1v) is 5.19. The van der Waals surface area contributed by atoms with Gasteiger partial charge >= 0.3 is 0 Å². The Hall–Kier alpha value is -1.44. The molecule has 1 aliphatic heterocycles. The molecule has 2 nitrogen and oxygen atoms in total. The van der Waals surface area contributed by atoms with Crippen molar-refractivity contribution < 1.29 is 4.79 Å². The molecule has 2 heteroatoms. The molecule has 0 fully saturated rings. The molecule has 0 aliphatic carbocycles. The van der Waals surface area contributed by atoms with E-state index in [1.165, 1.54) is 5.56 Å². The molecular weight excluding hydrogens is 186 g/mol. The molecule has 0 saturated carbocycles. The normalized spacial score (nSPS) is 15.3. The SMILES string of the molecule is CC(C)(C)c1ccc2c(c1)C(=O)CC=N2. The summed E-state index contributed by atoms with van der Waals surface area (Å²) < 4.78 is 0. The van der Waals surface area contributed by atoms with Gasteiger partial charge in [-0.1, -0.05) is 26.8 Å². The lowest BCUT2D eigenvalue weighted by Crippen LogP contribution is -2.13. The number of aliphatic imine (C=N–C) groups is 1. The van der Waals surface area contributed by atoms with Crippen LogP contribution in [0.3, 0.4) is 0 Å². The van der Waals surface area contributed by atoms with Gasteiger partial charge in [0.1, 0.15) is 0 Å². The van der Waals surface area contributed by atoms with Gasteiger partial charge in [0.2, 0.25) is 0 Å². The van der Waals surface area contributed by atoms with Crippen LogP contribution in [0.5, 0.6) is 0 Å². The van der Waals surface area contributed by atoms with E-state index in [4.69, 9.17) is 0 Å². The van der Waals surface area contributed by atoms with Crippen molar-refractivity contribution >= 4 is 17.7 Å². The van der Waals surface area contributed by atoms with Crippen LogP contribution in [0.4, 0.5) is 5.69 Å². The number of rotatable bonds is 0. The Labute approximate surface area is 90.0 Å². The van der Waals surface area contributed by atoms with Gasteiger partial charge in [-0.3, -0.25) is 9.79 Å². The number of carbonyl (C=O) groups excluding carboxylic acids is 1. The van der Waals surface area contributed by atoms with Gasteiger partial charge < -0.3 is 0 Å². The Bertz CT molecular complexity index is 438. The fraction of sp³-hybridized carbons (Fsp3) is 0.385. The highest BCUT2D eigenvalue weighted by Gasteiger charge is 2.19. The lowest BCUT2D eigenvalue weighted by atomic mass is 9.85. The molecular formula is C13H15NO. The van der Waals surface area contributed by atoms with Crippen molar-refractivity contribution in [1.82, 2.24) is 0 Å². The van der Waals surface area contributed by atoms with E-state index in [1.807, 2.05) is 12.1 Å². The van der Waals surface area contributed by atoms with E-state index in [-0.39, 0.29) is 11.2 Å². The third kappa shape index (κ3) is 1.84. The molecule has 1 aromatic rings. The maximum atomic E-state index is 11.7. The van der Waals surface area contributed by atoms with Crippen molar-refractivity contribution in [1.29, 1.82) is 0 Å². The fourth-order valence-electron chi connectivity index (χ4n) is 1.68. The highest BCUT2D eigenvalue weighted by Crippen LogP contribution is 2.30. The summed E-state index contributed by atoms with van der Waals surface area (Å²) in [5.74, 6) is 0.172. The van der Waals surface area contributed by atoms with E-state index < -0.39 is 0 Å². The van der Waals surface area contributed by atoms with Crippen LogP contribution >= 0.6 is 0 Å². The second-order valence-corrected chi connectivity index (χ2v) is 4.92. The molecule has 0 bridgehead atoms. The zero-order valence-electron chi connectivity index (χ0n) is 9.37. The van der Waals surface area contributed by atoms with Crippen LogP contribution in [0.1, 0.15) is 43.1 Å². The second kappa shape index (κ2) is 3.30. The Morgan fingerprint density at radius 3 is 2.67 bits per heavy atom. The molecule has 15 heavy (non-hydrogen) atoms. The van der Waals surface area contributed by atoms with Gasteiger partial charge in [0.15, 0.2) is 5.78 Å². The molecule has 1 heterocycles. The molecule has 78 valence electrons. The van der Waals surface area contributed by atoms with Crippen LogP contribution in [0, 0.1) is 0 Å². The summed E-state index contributed by atoms with van der Waals surface area (Å²) in [5, 5.41) is 0. The number of hydrogen-bond acceptors (Lipinski definition) is 2. The second-order valence-electron chi connectivity index (χ2n) is 4.92. The fourth-order valence-corrected chi connectivity index (χ4v) is 1.68. The van der Waals surface area contributed by atoms with E-state index in [2.05, 4.69) is 31.8 Å². The predicted octanol–water partition coefficient (Wildman–Crippen LogP) is 3.27. The van der Waals surface area contributed by atoms with Crippen molar-refractivity contribution in [2.24, 2.45) is 4.99 Å². The van der Waals surface area contributed by atoms with Crippen LogP contribution < -0.4 is 0 Å². The van der Waals surface area contributed by atoms with Crippen molar-refractivity contribution in [2.45, 2.75) is 32.6 Å². The van der Waals surface area contributed by atoms with E-state index in [9.17, 15) is 4.79 Å². The molecule has 0 unspecified atom stereocenters. The minimum absolute atomic E-state index is 0.0798. The predicted molar refractivity (Wildman–Crippen MR) is 62.2 cm³/mol. The van der Waals surface area contributed by atoms with Crippen LogP contribution in [-0.4, -0.2) is 12.0 Å². The average molecular weight is 201 g/mol. The molecule has 0 N–H and O–H groups in total. The minimum Gasteiger partial charge on any atom is -0.294 e. The van der Waals surface area contributed by atoms with Crippen LogP contribution in [0.2, 0.25) is 0 Å². The number of ketones is 1. The molecule has 1 aliphatic rings.